The molecule has 2 aromatic rings. The van der Waals surface area contributed by atoms with Crippen LogP contribution in [0.25, 0.3) is 0 Å². The van der Waals surface area contributed by atoms with Crippen LogP contribution in [0.3, 0.4) is 0 Å². The molecule has 3 aliphatic carbocycles. The normalized spacial score (nSPS) is 31.0. The number of hydrogen-bond acceptors (Lipinski definition) is 6. The molecule has 39 heavy (non-hydrogen) atoms. The number of nitrogens with one attached hydrogen (secondary N) is 1. The van der Waals surface area contributed by atoms with Gasteiger partial charge in [0, 0.05) is 25.1 Å². The molecule has 210 valence electrons. The minimum atomic E-state index is -0.742. The van der Waals surface area contributed by atoms with Gasteiger partial charge >= 0.3 is 0 Å². The molecule has 6 unspecified atom stereocenters. The Hall–Kier alpha value is -2.78. The average molecular weight is 536 g/mol. The molecule has 3 saturated carbocycles. The van der Waals surface area contributed by atoms with E-state index in [4.69, 9.17) is 4.74 Å². The molecule has 2 heterocycles. The van der Waals surface area contributed by atoms with Crippen LogP contribution in [0.2, 0.25) is 0 Å². The fourth-order valence-corrected chi connectivity index (χ4v) is 7.01. The number of hydrogen-bond donors (Lipinski definition) is 2. The molecule has 2 amide bonds. The van der Waals surface area contributed by atoms with E-state index in [1.54, 1.807) is 9.58 Å². The maximum absolute atomic E-state index is 14.0. The van der Waals surface area contributed by atoms with E-state index in [0.717, 1.165) is 43.4 Å². The fourth-order valence-electron chi connectivity index (χ4n) is 7.01. The number of benzene rings is 1. The van der Waals surface area contributed by atoms with Crippen LogP contribution < -0.4 is 5.32 Å². The monoisotopic (exact) mass is 535 g/mol. The van der Waals surface area contributed by atoms with E-state index in [1.165, 1.54) is 0 Å². The quantitative estimate of drug-likeness (QED) is 0.537. The van der Waals surface area contributed by atoms with Gasteiger partial charge in [-0.3, -0.25) is 9.59 Å². The summed E-state index contributed by atoms with van der Waals surface area (Å²) in [5, 5.41) is 22.5. The summed E-state index contributed by atoms with van der Waals surface area (Å²) in [5.41, 5.74) is 1.58. The lowest BCUT2D eigenvalue weighted by Crippen LogP contribution is -2.64. The van der Waals surface area contributed by atoms with E-state index in [9.17, 15) is 14.7 Å². The van der Waals surface area contributed by atoms with Crippen LogP contribution in [0.1, 0.15) is 82.5 Å². The number of β-amino-alcohol motifs (C(OH)–C–C–N with tert-alkyl or cyclic N) is 1. The number of fused-ring (bicyclic) bond motifs is 1. The van der Waals surface area contributed by atoms with Crippen molar-refractivity contribution in [3.63, 3.8) is 0 Å². The Bertz CT molecular complexity index is 1190. The van der Waals surface area contributed by atoms with Gasteiger partial charge in [-0.25, -0.2) is 4.68 Å². The molecule has 4 fully saturated rings. The number of ether oxygens (including phenoxy) is 1. The lowest BCUT2D eigenvalue weighted by atomic mass is 9.68. The summed E-state index contributed by atoms with van der Waals surface area (Å²) in [6, 6.07) is 8.69. The fraction of sp³-hybridized carbons (Fsp3) is 0.667. The molecular weight excluding hydrogens is 494 g/mol. The predicted molar refractivity (Wildman–Crippen MR) is 144 cm³/mol. The summed E-state index contributed by atoms with van der Waals surface area (Å²) in [5.74, 6) is 0.900. The summed E-state index contributed by atoms with van der Waals surface area (Å²) in [4.78, 5) is 29.3. The SMILES string of the molecule is CC(C)(C)[C@H](C(=O)N1CC(O)CC1C(=O)NC1C2CCCC2C1OCc1ccccc1)n1cc(C2CC2)nn1. The van der Waals surface area contributed by atoms with Gasteiger partial charge in [-0.1, -0.05) is 62.7 Å². The van der Waals surface area contributed by atoms with Crippen molar-refractivity contribution in [2.45, 2.75) is 102 Å². The first-order chi connectivity index (χ1) is 18.7. The van der Waals surface area contributed by atoms with E-state index in [-0.39, 0.29) is 36.9 Å². The summed E-state index contributed by atoms with van der Waals surface area (Å²) in [6.45, 7) is 6.65. The number of aliphatic hydroxyl groups excluding tert-OH is 1. The van der Waals surface area contributed by atoms with Crippen molar-refractivity contribution in [3.05, 3.63) is 47.8 Å². The topological polar surface area (TPSA) is 110 Å². The van der Waals surface area contributed by atoms with Gasteiger partial charge in [0.25, 0.3) is 0 Å². The van der Waals surface area contributed by atoms with Crippen LogP contribution >= 0.6 is 0 Å². The zero-order valence-corrected chi connectivity index (χ0v) is 23.2. The van der Waals surface area contributed by atoms with Crippen molar-refractivity contribution in [2.75, 3.05) is 6.54 Å². The van der Waals surface area contributed by atoms with Gasteiger partial charge in [0.05, 0.1) is 30.6 Å². The van der Waals surface area contributed by atoms with Crippen molar-refractivity contribution >= 4 is 11.8 Å². The Balaban J connectivity index is 1.17. The van der Waals surface area contributed by atoms with Crippen LogP contribution in [-0.4, -0.2) is 67.7 Å². The third-order valence-electron chi connectivity index (χ3n) is 9.16. The molecule has 1 aromatic heterocycles. The van der Waals surface area contributed by atoms with Gasteiger partial charge in [0.1, 0.15) is 12.1 Å². The van der Waals surface area contributed by atoms with E-state index < -0.39 is 23.6 Å². The molecule has 9 heteroatoms. The van der Waals surface area contributed by atoms with E-state index in [2.05, 4.69) is 27.8 Å². The van der Waals surface area contributed by atoms with Crippen LogP contribution in [0.4, 0.5) is 0 Å². The number of amides is 2. The highest BCUT2D eigenvalue weighted by Crippen LogP contribution is 2.49. The lowest BCUT2D eigenvalue weighted by molar-refractivity contribution is -0.148. The molecule has 4 aliphatic rings. The third kappa shape index (κ3) is 5.23. The maximum atomic E-state index is 14.0. The van der Waals surface area contributed by atoms with Gasteiger partial charge in [0.2, 0.25) is 11.8 Å². The molecule has 7 atom stereocenters. The third-order valence-corrected chi connectivity index (χ3v) is 9.16. The summed E-state index contributed by atoms with van der Waals surface area (Å²) < 4.78 is 8.02. The lowest BCUT2D eigenvalue weighted by Gasteiger charge is -2.49. The van der Waals surface area contributed by atoms with Crippen LogP contribution in [0.15, 0.2) is 36.5 Å². The standard InChI is InChI=1S/C30H41N5O4/c1-30(2,3)27(35-16-23(32-33-35)19-12-13-19)29(38)34-15-20(36)14-24(34)28(37)31-25-21-10-7-11-22(21)26(25)39-17-18-8-5-4-6-9-18/h4-6,8-9,16,19-22,24-27,36H,7,10-15,17H2,1-3H3,(H,31,37)/t20?,21?,22?,24?,25?,26?,27-/m0/s1. The first-order valence-electron chi connectivity index (χ1n) is 14.6. The second kappa shape index (κ2) is 10.3. The van der Waals surface area contributed by atoms with Gasteiger partial charge in [-0.05, 0) is 48.5 Å². The van der Waals surface area contributed by atoms with Crippen molar-refractivity contribution in [3.8, 4) is 0 Å². The molecule has 1 aromatic carbocycles. The Morgan fingerprint density at radius 2 is 1.87 bits per heavy atom. The van der Waals surface area contributed by atoms with Gasteiger partial charge < -0.3 is 20.1 Å². The van der Waals surface area contributed by atoms with E-state index in [1.807, 2.05) is 45.2 Å². The van der Waals surface area contributed by atoms with Crippen LogP contribution in [0, 0.1) is 17.3 Å². The molecule has 1 aliphatic heterocycles. The highest BCUT2D eigenvalue weighted by atomic mass is 16.5. The molecule has 0 bridgehead atoms. The minimum absolute atomic E-state index is 0.0320. The zero-order valence-electron chi connectivity index (χ0n) is 23.2. The first-order valence-corrected chi connectivity index (χ1v) is 14.6. The van der Waals surface area contributed by atoms with Gasteiger partial charge in [-0.15, -0.1) is 5.10 Å². The predicted octanol–water partition coefficient (Wildman–Crippen LogP) is 3.20. The van der Waals surface area contributed by atoms with Crippen LogP contribution in [0.5, 0.6) is 0 Å². The van der Waals surface area contributed by atoms with Crippen molar-refractivity contribution in [2.24, 2.45) is 17.3 Å². The zero-order chi connectivity index (χ0) is 27.3. The summed E-state index contributed by atoms with van der Waals surface area (Å²) >= 11 is 0. The van der Waals surface area contributed by atoms with Crippen molar-refractivity contribution < 1.29 is 19.4 Å². The largest absolute Gasteiger partial charge is 0.391 e. The maximum Gasteiger partial charge on any atom is 0.248 e. The first kappa shape index (κ1) is 26.4. The smallest absolute Gasteiger partial charge is 0.248 e. The van der Waals surface area contributed by atoms with E-state index in [0.29, 0.717) is 24.4 Å². The van der Waals surface area contributed by atoms with Crippen molar-refractivity contribution in [1.29, 1.82) is 0 Å². The van der Waals surface area contributed by atoms with Crippen molar-refractivity contribution in [1.82, 2.24) is 25.2 Å². The highest BCUT2D eigenvalue weighted by Gasteiger charge is 2.55. The Kier molecular flexibility index (Phi) is 7.00. The second-order valence-electron chi connectivity index (χ2n) is 13.1. The molecule has 9 nitrogen and oxygen atoms in total. The Morgan fingerprint density at radius 1 is 1.13 bits per heavy atom. The average Bonchev–Trinajstić information content (AvgIpc) is 3.28. The molecule has 6 rings (SSSR count). The molecule has 0 radical (unpaired) electrons. The summed E-state index contributed by atoms with van der Waals surface area (Å²) in [6.07, 6.45) is 6.90. The van der Waals surface area contributed by atoms with Gasteiger partial charge in [0.15, 0.2) is 0 Å². The number of nitrogens with zero attached hydrogens (tertiary/aromatic N) is 4. The Labute approximate surface area is 230 Å². The molecular formula is C30H41N5O4. The highest BCUT2D eigenvalue weighted by molar-refractivity contribution is 5.90. The number of aliphatic hydroxyl groups is 1. The molecule has 2 N–H and O–H groups in total. The second-order valence-corrected chi connectivity index (χ2v) is 13.1. The summed E-state index contributed by atoms with van der Waals surface area (Å²) in [7, 11) is 0. The minimum Gasteiger partial charge on any atom is -0.391 e. The molecule has 0 spiro atoms. The van der Waals surface area contributed by atoms with Crippen LogP contribution in [-0.2, 0) is 20.9 Å². The Morgan fingerprint density at radius 3 is 2.59 bits per heavy atom. The molecule has 1 saturated heterocycles. The number of carbonyl (C=O) groups is 2. The number of aromatic nitrogens is 3. The number of likely N-dealkylation sites (tertiary alicyclic amines) is 1. The number of rotatable bonds is 8. The van der Waals surface area contributed by atoms with E-state index >= 15 is 0 Å². The van der Waals surface area contributed by atoms with Gasteiger partial charge in [-0.2, -0.15) is 0 Å². The number of carbonyl (C=O) groups excluding carboxylic acids is 2.